The third kappa shape index (κ3) is 2.10. The van der Waals surface area contributed by atoms with E-state index in [9.17, 15) is 4.39 Å². The Hall–Kier alpha value is -2.80. The van der Waals surface area contributed by atoms with E-state index in [1.807, 2.05) is 29.0 Å². The van der Waals surface area contributed by atoms with Crippen LogP contribution in [0.15, 0.2) is 48.7 Å². The Morgan fingerprint density at radius 1 is 1.15 bits per heavy atom. The summed E-state index contributed by atoms with van der Waals surface area (Å²) in [4.78, 5) is 0. The fraction of sp³-hybridized carbons (Fsp3) is 0.0625. The van der Waals surface area contributed by atoms with Crippen LogP contribution < -0.4 is 5.73 Å². The average Bonchev–Trinajstić information content (AvgIpc) is 2.84. The first-order chi connectivity index (χ1) is 9.67. The normalized spacial score (nSPS) is 10.6. The van der Waals surface area contributed by atoms with Gasteiger partial charge in [-0.05, 0) is 36.4 Å². The number of halogens is 1. The zero-order valence-corrected chi connectivity index (χ0v) is 10.7. The quantitative estimate of drug-likeness (QED) is 0.723. The van der Waals surface area contributed by atoms with Gasteiger partial charge in [0.25, 0.3) is 0 Å². The van der Waals surface area contributed by atoms with Gasteiger partial charge < -0.3 is 10.3 Å². The molecule has 0 saturated carbocycles. The molecule has 1 heterocycles. The largest absolute Gasteiger partial charge is 0.399 e. The molecule has 20 heavy (non-hydrogen) atoms. The van der Waals surface area contributed by atoms with E-state index >= 15 is 0 Å². The van der Waals surface area contributed by atoms with E-state index in [0.29, 0.717) is 23.4 Å². The molecule has 0 atom stereocenters. The first kappa shape index (κ1) is 12.2. The van der Waals surface area contributed by atoms with Crippen molar-refractivity contribution in [3.63, 3.8) is 0 Å². The monoisotopic (exact) mass is 265 g/mol. The highest BCUT2D eigenvalue weighted by molar-refractivity contribution is 5.81. The number of nitrogen functional groups attached to an aromatic ring is 1. The number of benzene rings is 2. The molecule has 0 aliphatic carbocycles. The second-order valence-corrected chi connectivity index (χ2v) is 4.68. The summed E-state index contributed by atoms with van der Waals surface area (Å²) in [6, 6.07) is 14.2. The summed E-state index contributed by atoms with van der Waals surface area (Å²) < 4.78 is 15.8. The smallest absolute Gasteiger partial charge is 0.130 e. The van der Waals surface area contributed by atoms with Gasteiger partial charge in [-0.3, -0.25) is 0 Å². The van der Waals surface area contributed by atoms with Gasteiger partial charge in [0, 0.05) is 28.4 Å². The summed E-state index contributed by atoms with van der Waals surface area (Å²) in [5.74, 6) is -0.305. The highest BCUT2D eigenvalue weighted by Gasteiger charge is 2.06. The molecule has 3 nitrogen and oxygen atoms in total. The first-order valence-electron chi connectivity index (χ1n) is 6.20. The fourth-order valence-corrected chi connectivity index (χ4v) is 2.28. The molecule has 0 amide bonds. The van der Waals surface area contributed by atoms with E-state index in [2.05, 4.69) is 6.07 Å². The molecular formula is C16H12FN3. The summed E-state index contributed by atoms with van der Waals surface area (Å²) >= 11 is 0. The number of nitrogens with zero attached hydrogens (tertiary/aromatic N) is 2. The molecule has 0 saturated heterocycles. The standard InChI is InChI=1S/C16H12FN3/c17-15-8-14(19)3-2-13(15)10-20-6-5-12-7-11(9-18)1-4-16(12)20/h1-8H,10,19H2. The van der Waals surface area contributed by atoms with Gasteiger partial charge >= 0.3 is 0 Å². The summed E-state index contributed by atoms with van der Waals surface area (Å²) in [6.45, 7) is 0.432. The molecule has 0 aliphatic heterocycles. The lowest BCUT2D eigenvalue weighted by Gasteiger charge is -2.07. The van der Waals surface area contributed by atoms with Crippen LogP contribution in [0.2, 0.25) is 0 Å². The number of aromatic nitrogens is 1. The van der Waals surface area contributed by atoms with Gasteiger partial charge in [0.1, 0.15) is 5.82 Å². The number of hydrogen-bond donors (Lipinski definition) is 1. The molecule has 2 aromatic carbocycles. The second kappa shape index (κ2) is 4.71. The lowest BCUT2D eigenvalue weighted by atomic mass is 10.1. The Morgan fingerprint density at radius 3 is 2.75 bits per heavy atom. The summed E-state index contributed by atoms with van der Waals surface area (Å²) in [5.41, 5.74) is 8.14. The Morgan fingerprint density at radius 2 is 2.00 bits per heavy atom. The van der Waals surface area contributed by atoms with Crippen LogP contribution in [0.3, 0.4) is 0 Å². The van der Waals surface area contributed by atoms with Crippen molar-refractivity contribution in [2.45, 2.75) is 6.54 Å². The molecule has 0 aliphatic rings. The van der Waals surface area contributed by atoms with Crippen molar-refractivity contribution in [2.75, 3.05) is 5.73 Å². The molecular weight excluding hydrogens is 253 g/mol. The number of fused-ring (bicyclic) bond motifs is 1. The van der Waals surface area contributed by atoms with Crippen LogP contribution in [0.1, 0.15) is 11.1 Å². The number of anilines is 1. The maximum Gasteiger partial charge on any atom is 0.130 e. The van der Waals surface area contributed by atoms with Crippen molar-refractivity contribution >= 4 is 16.6 Å². The van der Waals surface area contributed by atoms with Gasteiger partial charge in [-0.15, -0.1) is 0 Å². The van der Waals surface area contributed by atoms with Crippen LogP contribution in [0.25, 0.3) is 10.9 Å². The molecule has 98 valence electrons. The van der Waals surface area contributed by atoms with Crippen LogP contribution in [-0.4, -0.2) is 4.57 Å². The molecule has 1 aromatic heterocycles. The number of nitriles is 1. The van der Waals surface area contributed by atoms with E-state index in [1.165, 1.54) is 6.07 Å². The molecule has 3 rings (SSSR count). The van der Waals surface area contributed by atoms with Crippen molar-refractivity contribution in [1.29, 1.82) is 5.26 Å². The van der Waals surface area contributed by atoms with E-state index in [-0.39, 0.29) is 5.82 Å². The molecule has 4 heteroatoms. The maximum absolute atomic E-state index is 13.8. The van der Waals surface area contributed by atoms with Crippen LogP contribution in [-0.2, 0) is 6.54 Å². The minimum absolute atomic E-state index is 0.305. The molecule has 0 unspecified atom stereocenters. The molecule has 3 aromatic rings. The molecule has 2 N–H and O–H groups in total. The number of nitrogens with two attached hydrogens (primary N) is 1. The summed E-state index contributed by atoms with van der Waals surface area (Å²) in [5, 5.41) is 9.86. The predicted molar refractivity (Wildman–Crippen MR) is 76.6 cm³/mol. The van der Waals surface area contributed by atoms with Gasteiger partial charge in [0.05, 0.1) is 18.2 Å². The van der Waals surface area contributed by atoms with Crippen molar-refractivity contribution in [1.82, 2.24) is 4.57 Å². The molecule has 0 spiro atoms. The van der Waals surface area contributed by atoms with E-state index in [0.717, 1.165) is 10.9 Å². The van der Waals surface area contributed by atoms with Crippen molar-refractivity contribution < 1.29 is 4.39 Å². The highest BCUT2D eigenvalue weighted by Crippen LogP contribution is 2.20. The van der Waals surface area contributed by atoms with Gasteiger partial charge in [-0.2, -0.15) is 5.26 Å². The minimum atomic E-state index is -0.305. The van der Waals surface area contributed by atoms with Gasteiger partial charge in [-0.1, -0.05) is 6.07 Å². The van der Waals surface area contributed by atoms with E-state index < -0.39 is 0 Å². The van der Waals surface area contributed by atoms with E-state index in [1.54, 1.807) is 18.2 Å². The third-order valence-electron chi connectivity index (χ3n) is 3.32. The third-order valence-corrected chi connectivity index (χ3v) is 3.32. The van der Waals surface area contributed by atoms with Crippen molar-refractivity contribution in [2.24, 2.45) is 0 Å². The summed E-state index contributed by atoms with van der Waals surface area (Å²) in [7, 11) is 0. The minimum Gasteiger partial charge on any atom is -0.399 e. The number of rotatable bonds is 2. The van der Waals surface area contributed by atoms with Crippen LogP contribution in [0.5, 0.6) is 0 Å². The van der Waals surface area contributed by atoms with Gasteiger partial charge in [0.15, 0.2) is 0 Å². The van der Waals surface area contributed by atoms with Crippen molar-refractivity contribution in [3.8, 4) is 6.07 Å². The average molecular weight is 265 g/mol. The Bertz CT molecular complexity index is 827. The molecule has 0 bridgehead atoms. The SMILES string of the molecule is N#Cc1ccc2c(ccn2Cc2ccc(N)cc2F)c1. The lowest BCUT2D eigenvalue weighted by Crippen LogP contribution is -2.01. The van der Waals surface area contributed by atoms with Gasteiger partial charge in [0.2, 0.25) is 0 Å². The Balaban J connectivity index is 2.01. The van der Waals surface area contributed by atoms with Crippen LogP contribution in [0, 0.1) is 17.1 Å². The topological polar surface area (TPSA) is 54.7 Å². The number of hydrogen-bond acceptors (Lipinski definition) is 2. The lowest BCUT2D eigenvalue weighted by molar-refractivity contribution is 0.603. The maximum atomic E-state index is 13.8. The zero-order chi connectivity index (χ0) is 14.1. The van der Waals surface area contributed by atoms with Crippen molar-refractivity contribution in [3.05, 3.63) is 65.6 Å². The van der Waals surface area contributed by atoms with Gasteiger partial charge in [-0.25, -0.2) is 4.39 Å². The fourth-order valence-electron chi connectivity index (χ4n) is 2.28. The van der Waals surface area contributed by atoms with E-state index in [4.69, 9.17) is 11.0 Å². The zero-order valence-electron chi connectivity index (χ0n) is 10.7. The first-order valence-corrected chi connectivity index (χ1v) is 6.20. The molecule has 0 fully saturated rings. The van der Waals surface area contributed by atoms with Crippen LogP contribution >= 0.6 is 0 Å². The summed E-state index contributed by atoms with van der Waals surface area (Å²) in [6.07, 6.45) is 1.89. The predicted octanol–water partition coefficient (Wildman–Crippen LogP) is 3.28. The second-order valence-electron chi connectivity index (χ2n) is 4.68. The Labute approximate surface area is 115 Å². The Kier molecular flexibility index (Phi) is 2.88. The molecule has 0 radical (unpaired) electrons. The van der Waals surface area contributed by atoms with Crippen LogP contribution in [0.4, 0.5) is 10.1 Å². The highest BCUT2D eigenvalue weighted by atomic mass is 19.1.